The van der Waals surface area contributed by atoms with Crippen LogP contribution in [0.5, 0.6) is 11.5 Å². The lowest BCUT2D eigenvalue weighted by molar-refractivity contribution is 0.0444. The number of aromatic nitrogens is 2. The highest BCUT2D eigenvalue weighted by Crippen LogP contribution is 2.39. The monoisotopic (exact) mass is 473 g/mol. The van der Waals surface area contributed by atoms with Gasteiger partial charge in [-0.15, -0.1) is 0 Å². The highest BCUT2D eigenvalue weighted by Gasteiger charge is 2.29. The predicted octanol–water partition coefficient (Wildman–Crippen LogP) is 5.82. The minimum Gasteiger partial charge on any atom is -0.486 e. The lowest BCUT2D eigenvalue weighted by Crippen LogP contribution is -2.46. The average molecular weight is 474 g/mol. The number of hydrogen-bond donors (Lipinski definition) is 1. The van der Waals surface area contributed by atoms with Gasteiger partial charge in [-0.3, -0.25) is 9.88 Å². The second-order valence-corrected chi connectivity index (χ2v) is 10.4. The number of ether oxygens (including phenoxy) is 2. The standard InChI is InChI=1S/C29H32FN3O2/c1-17(2)33(14-19-5-8-26-23(12-19)24-13-20(30)6-9-27(24)32-26)15-21-16-34-28-11-10-25-22(29(28)35-21)7-4-18(3)31-25/h4,6-7,9-11,13,17,19,21,32H,5,8,12,14-16H2,1-3H3/t19-,21+/m1/s1. The minimum absolute atomic E-state index is 0.0434. The molecule has 0 saturated carbocycles. The van der Waals surface area contributed by atoms with Crippen molar-refractivity contribution < 1.29 is 13.9 Å². The third-order valence-corrected chi connectivity index (χ3v) is 7.55. The van der Waals surface area contributed by atoms with E-state index in [9.17, 15) is 4.39 Å². The first-order valence-corrected chi connectivity index (χ1v) is 12.7. The van der Waals surface area contributed by atoms with Gasteiger partial charge in [-0.05, 0) is 94.0 Å². The Labute approximate surface area is 205 Å². The van der Waals surface area contributed by atoms with Crippen LogP contribution in [0.1, 0.15) is 37.2 Å². The van der Waals surface area contributed by atoms with Crippen LogP contribution in [0, 0.1) is 18.7 Å². The number of nitrogens with zero attached hydrogens (tertiary/aromatic N) is 2. The molecule has 1 N–H and O–H groups in total. The first-order valence-electron chi connectivity index (χ1n) is 12.7. The number of aromatic amines is 1. The van der Waals surface area contributed by atoms with Gasteiger partial charge in [-0.25, -0.2) is 4.39 Å². The van der Waals surface area contributed by atoms with Crippen LogP contribution in [-0.2, 0) is 12.8 Å². The van der Waals surface area contributed by atoms with Gasteiger partial charge in [0.2, 0.25) is 0 Å². The number of halogens is 1. The summed E-state index contributed by atoms with van der Waals surface area (Å²) < 4.78 is 26.6. The fraction of sp³-hybridized carbons (Fsp3) is 0.414. The van der Waals surface area contributed by atoms with E-state index in [2.05, 4.69) is 34.8 Å². The van der Waals surface area contributed by atoms with Crippen molar-refractivity contribution in [2.75, 3.05) is 19.7 Å². The van der Waals surface area contributed by atoms with E-state index in [4.69, 9.17) is 9.47 Å². The van der Waals surface area contributed by atoms with Crippen molar-refractivity contribution in [1.82, 2.24) is 14.9 Å². The molecule has 2 aromatic carbocycles. The van der Waals surface area contributed by atoms with Crippen molar-refractivity contribution in [3.63, 3.8) is 0 Å². The van der Waals surface area contributed by atoms with Gasteiger partial charge >= 0.3 is 0 Å². The summed E-state index contributed by atoms with van der Waals surface area (Å²) in [5, 5.41) is 2.04. The van der Waals surface area contributed by atoms with Crippen LogP contribution in [0.4, 0.5) is 4.39 Å². The Hall–Kier alpha value is -3.12. The Balaban J connectivity index is 1.18. The average Bonchev–Trinajstić information content (AvgIpc) is 3.20. The number of hydrogen-bond acceptors (Lipinski definition) is 4. The van der Waals surface area contributed by atoms with Gasteiger partial charge in [0.05, 0.1) is 5.52 Å². The van der Waals surface area contributed by atoms with E-state index in [1.54, 1.807) is 6.07 Å². The summed E-state index contributed by atoms with van der Waals surface area (Å²) in [4.78, 5) is 10.7. The van der Waals surface area contributed by atoms with E-state index in [1.807, 2.05) is 31.2 Å². The molecule has 0 unspecified atom stereocenters. The van der Waals surface area contributed by atoms with Crippen molar-refractivity contribution >= 4 is 21.8 Å². The van der Waals surface area contributed by atoms with Crippen LogP contribution in [-0.4, -0.2) is 46.7 Å². The van der Waals surface area contributed by atoms with Gasteiger partial charge in [-0.2, -0.15) is 0 Å². The molecule has 5 nitrogen and oxygen atoms in total. The van der Waals surface area contributed by atoms with Crippen molar-refractivity contribution in [2.45, 2.75) is 52.2 Å². The molecule has 2 atom stereocenters. The second kappa shape index (κ2) is 8.83. The molecular formula is C29H32FN3O2. The van der Waals surface area contributed by atoms with Gasteiger partial charge in [0, 0.05) is 46.8 Å². The number of H-pyrrole nitrogens is 1. The Kier molecular flexibility index (Phi) is 5.64. The molecule has 1 aliphatic carbocycles. The number of fused-ring (bicyclic) bond motifs is 6. The summed E-state index contributed by atoms with van der Waals surface area (Å²) in [5.74, 6) is 1.95. The Bertz CT molecular complexity index is 1400. The van der Waals surface area contributed by atoms with Crippen LogP contribution < -0.4 is 9.47 Å². The zero-order chi connectivity index (χ0) is 24.1. The lowest BCUT2D eigenvalue weighted by Gasteiger charge is -2.36. The number of nitrogens with one attached hydrogen (secondary N) is 1. The van der Waals surface area contributed by atoms with Crippen molar-refractivity contribution in [3.05, 3.63) is 65.2 Å². The van der Waals surface area contributed by atoms with Gasteiger partial charge in [0.25, 0.3) is 0 Å². The fourth-order valence-corrected chi connectivity index (χ4v) is 5.67. The molecule has 0 fully saturated rings. The molecular weight excluding hydrogens is 441 g/mol. The molecule has 35 heavy (non-hydrogen) atoms. The van der Waals surface area contributed by atoms with Crippen LogP contribution in [0.25, 0.3) is 21.8 Å². The summed E-state index contributed by atoms with van der Waals surface area (Å²) in [6.07, 6.45) is 3.07. The van der Waals surface area contributed by atoms with Gasteiger partial charge in [0.1, 0.15) is 18.5 Å². The molecule has 6 heteroatoms. The first-order chi connectivity index (χ1) is 16.9. The molecule has 1 aliphatic heterocycles. The van der Waals surface area contributed by atoms with Crippen molar-refractivity contribution in [1.29, 1.82) is 0 Å². The Morgan fingerprint density at radius 2 is 2.00 bits per heavy atom. The summed E-state index contributed by atoms with van der Waals surface area (Å²) >= 11 is 0. The third kappa shape index (κ3) is 4.25. The second-order valence-electron chi connectivity index (χ2n) is 10.4. The predicted molar refractivity (Wildman–Crippen MR) is 137 cm³/mol. The van der Waals surface area contributed by atoms with Crippen LogP contribution in [0.15, 0.2) is 42.5 Å². The molecule has 2 aliphatic rings. The Morgan fingerprint density at radius 1 is 1.11 bits per heavy atom. The molecule has 0 spiro atoms. The van der Waals surface area contributed by atoms with E-state index in [1.165, 1.54) is 17.3 Å². The van der Waals surface area contributed by atoms with E-state index < -0.39 is 0 Å². The molecule has 182 valence electrons. The Morgan fingerprint density at radius 3 is 2.86 bits per heavy atom. The molecule has 0 bridgehead atoms. The SMILES string of the molecule is Cc1ccc2c3c(ccc2n1)OC[C@H](CN(C[C@@H]1CCc2[nH]c4ccc(F)cc4c2C1)C(C)C)O3. The lowest BCUT2D eigenvalue weighted by atomic mass is 9.85. The smallest absolute Gasteiger partial charge is 0.171 e. The molecule has 2 aromatic heterocycles. The van der Waals surface area contributed by atoms with Crippen LogP contribution in [0.2, 0.25) is 0 Å². The summed E-state index contributed by atoms with van der Waals surface area (Å²) in [5.41, 5.74) is 5.53. The van der Waals surface area contributed by atoms with E-state index in [0.717, 1.165) is 71.4 Å². The molecule has 0 saturated heterocycles. The molecule has 4 aromatic rings. The fourth-order valence-electron chi connectivity index (χ4n) is 5.67. The normalized spacial score (nSPS) is 19.6. The van der Waals surface area contributed by atoms with Crippen LogP contribution >= 0.6 is 0 Å². The maximum atomic E-state index is 13.9. The summed E-state index contributed by atoms with van der Waals surface area (Å²) in [7, 11) is 0. The first kappa shape index (κ1) is 22.4. The van der Waals surface area contributed by atoms with E-state index in [-0.39, 0.29) is 11.9 Å². The number of pyridine rings is 1. The number of benzene rings is 2. The summed E-state index contributed by atoms with van der Waals surface area (Å²) in [6.45, 7) is 8.82. The molecule has 0 radical (unpaired) electrons. The third-order valence-electron chi connectivity index (χ3n) is 7.55. The van der Waals surface area contributed by atoms with E-state index in [0.29, 0.717) is 18.6 Å². The maximum absolute atomic E-state index is 13.9. The number of aryl methyl sites for hydroxylation is 2. The van der Waals surface area contributed by atoms with E-state index >= 15 is 0 Å². The molecule has 6 rings (SSSR count). The van der Waals surface area contributed by atoms with Gasteiger partial charge in [-0.1, -0.05) is 0 Å². The quantitative estimate of drug-likeness (QED) is 0.397. The van der Waals surface area contributed by atoms with Crippen LogP contribution in [0.3, 0.4) is 0 Å². The van der Waals surface area contributed by atoms with Crippen molar-refractivity contribution in [3.8, 4) is 11.5 Å². The topological polar surface area (TPSA) is 50.4 Å². The zero-order valence-corrected chi connectivity index (χ0v) is 20.6. The molecule has 3 heterocycles. The van der Waals surface area contributed by atoms with Gasteiger partial charge in [0.15, 0.2) is 11.5 Å². The zero-order valence-electron chi connectivity index (χ0n) is 20.6. The number of rotatable bonds is 5. The molecule has 0 amide bonds. The maximum Gasteiger partial charge on any atom is 0.171 e. The largest absolute Gasteiger partial charge is 0.486 e. The summed E-state index contributed by atoms with van der Waals surface area (Å²) in [6, 6.07) is 13.5. The highest BCUT2D eigenvalue weighted by molar-refractivity contribution is 5.88. The highest BCUT2D eigenvalue weighted by atomic mass is 19.1. The minimum atomic E-state index is -0.169. The van der Waals surface area contributed by atoms with Gasteiger partial charge < -0.3 is 14.5 Å². The van der Waals surface area contributed by atoms with Crippen molar-refractivity contribution in [2.24, 2.45) is 5.92 Å².